The van der Waals surface area contributed by atoms with E-state index in [0.717, 1.165) is 22.0 Å². The molecule has 0 fully saturated rings. The lowest BCUT2D eigenvalue weighted by Gasteiger charge is -2.14. The van der Waals surface area contributed by atoms with Gasteiger partial charge < -0.3 is 5.11 Å². The first-order chi connectivity index (χ1) is 10.1. The molecule has 1 atom stereocenters. The predicted molar refractivity (Wildman–Crippen MR) is 86.9 cm³/mol. The minimum atomic E-state index is -0.638. The van der Waals surface area contributed by atoms with Gasteiger partial charge in [0.05, 0.1) is 11.6 Å². The van der Waals surface area contributed by atoms with Crippen LogP contribution in [0.3, 0.4) is 0 Å². The third kappa shape index (κ3) is 3.03. The number of pyridine rings is 1. The van der Waals surface area contributed by atoms with Crippen LogP contribution in [0.1, 0.15) is 17.2 Å². The van der Waals surface area contributed by atoms with Crippen molar-refractivity contribution in [2.24, 2.45) is 0 Å². The fourth-order valence-electron chi connectivity index (χ4n) is 2.38. The number of aliphatic hydroxyl groups is 1. The van der Waals surface area contributed by atoms with Crippen LogP contribution >= 0.6 is 23.2 Å². The lowest BCUT2D eigenvalue weighted by molar-refractivity contribution is 0.180. The number of aromatic nitrogens is 1. The van der Waals surface area contributed by atoms with E-state index >= 15 is 0 Å². The van der Waals surface area contributed by atoms with Gasteiger partial charge in [0, 0.05) is 33.6 Å². The molecule has 0 amide bonds. The molecule has 0 saturated carbocycles. The van der Waals surface area contributed by atoms with Crippen LogP contribution in [0.2, 0.25) is 10.0 Å². The van der Waals surface area contributed by atoms with Crippen LogP contribution in [-0.4, -0.2) is 10.1 Å². The SMILES string of the molecule is OC(Cc1ccc(Cl)cc1)c1ccc(Cl)c2cccnc12. The molecule has 106 valence electrons. The van der Waals surface area contributed by atoms with Crippen molar-refractivity contribution in [3.63, 3.8) is 0 Å². The molecule has 3 aromatic rings. The summed E-state index contributed by atoms with van der Waals surface area (Å²) in [6.45, 7) is 0. The first kappa shape index (κ1) is 14.3. The van der Waals surface area contributed by atoms with Crippen LogP contribution in [-0.2, 0) is 6.42 Å². The molecule has 0 aliphatic rings. The number of nitrogens with zero attached hydrogens (tertiary/aromatic N) is 1. The van der Waals surface area contributed by atoms with Crippen molar-refractivity contribution in [2.45, 2.75) is 12.5 Å². The zero-order valence-electron chi connectivity index (χ0n) is 11.1. The molecule has 2 aromatic carbocycles. The van der Waals surface area contributed by atoms with E-state index in [1.54, 1.807) is 12.3 Å². The minimum Gasteiger partial charge on any atom is -0.388 e. The molecule has 1 N–H and O–H groups in total. The molecule has 0 radical (unpaired) electrons. The van der Waals surface area contributed by atoms with Crippen LogP contribution in [0.5, 0.6) is 0 Å². The molecule has 0 aliphatic heterocycles. The van der Waals surface area contributed by atoms with Crippen molar-refractivity contribution in [3.05, 3.63) is 75.9 Å². The van der Waals surface area contributed by atoms with Crippen molar-refractivity contribution in [2.75, 3.05) is 0 Å². The van der Waals surface area contributed by atoms with Crippen molar-refractivity contribution < 1.29 is 5.11 Å². The summed E-state index contributed by atoms with van der Waals surface area (Å²) in [4.78, 5) is 4.35. The van der Waals surface area contributed by atoms with Crippen LogP contribution in [0.4, 0.5) is 0 Å². The molecule has 0 saturated heterocycles. The fraction of sp³-hybridized carbons (Fsp3) is 0.118. The largest absolute Gasteiger partial charge is 0.388 e. The van der Waals surface area contributed by atoms with Crippen molar-refractivity contribution in [1.29, 1.82) is 0 Å². The van der Waals surface area contributed by atoms with Gasteiger partial charge in [0.15, 0.2) is 0 Å². The number of rotatable bonds is 3. The van der Waals surface area contributed by atoms with Gasteiger partial charge in [-0.2, -0.15) is 0 Å². The third-order valence-electron chi connectivity index (χ3n) is 3.45. The zero-order valence-corrected chi connectivity index (χ0v) is 12.6. The quantitative estimate of drug-likeness (QED) is 0.751. The molecule has 2 nitrogen and oxygen atoms in total. The van der Waals surface area contributed by atoms with Gasteiger partial charge >= 0.3 is 0 Å². The highest BCUT2D eigenvalue weighted by atomic mass is 35.5. The molecular weight excluding hydrogens is 305 g/mol. The fourth-order valence-corrected chi connectivity index (χ4v) is 2.72. The van der Waals surface area contributed by atoms with Crippen LogP contribution in [0, 0.1) is 0 Å². The van der Waals surface area contributed by atoms with E-state index in [0.29, 0.717) is 16.5 Å². The van der Waals surface area contributed by atoms with E-state index in [1.807, 2.05) is 42.5 Å². The molecule has 1 aromatic heterocycles. The number of hydrogen-bond acceptors (Lipinski definition) is 2. The first-order valence-corrected chi connectivity index (χ1v) is 7.36. The maximum atomic E-state index is 10.5. The van der Waals surface area contributed by atoms with Gasteiger partial charge in [-0.05, 0) is 35.9 Å². The maximum Gasteiger partial charge on any atom is 0.0851 e. The molecule has 0 bridgehead atoms. The second kappa shape index (κ2) is 6.02. The van der Waals surface area contributed by atoms with E-state index in [-0.39, 0.29) is 0 Å². The lowest BCUT2D eigenvalue weighted by Crippen LogP contribution is -2.03. The summed E-state index contributed by atoms with van der Waals surface area (Å²) in [5.41, 5.74) is 2.54. The Morgan fingerprint density at radius 3 is 2.52 bits per heavy atom. The third-order valence-corrected chi connectivity index (χ3v) is 4.03. The Balaban J connectivity index is 1.96. The van der Waals surface area contributed by atoms with Crippen molar-refractivity contribution in [1.82, 2.24) is 4.98 Å². The van der Waals surface area contributed by atoms with Gasteiger partial charge in [0.2, 0.25) is 0 Å². The van der Waals surface area contributed by atoms with Gasteiger partial charge in [-0.25, -0.2) is 0 Å². The molecule has 1 unspecified atom stereocenters. The summed E-state index contributed by atoms with van der Waals surface area (Å²) in [5.74, 6) is 0. The van der Waals surface area contributed by atoms with Crippen LogP contribution in [0.15, 0.2) is 54.7 Å². The summed E-state index contributed by atoms with van der Waals surface area (Å²) < 4.78 is 0. The Bertz CT molecular complexity index is 771. The smallest absolute Gasteiger partial charge is 0.0851 e. The molecule has 0 spiro atoms. The zero-order chi connectivity index (χ0) is 14.8. The van der Waals surface area contributed by atoms with Crippen molar-refractivity contribution in [3.8, 4) is 0 Å². The standard InChI is InChI=1S/C17H13Cl2NO/c18-12-5-3-11(4-6-12)10-16(21)14-7-8-15(19)13-2-1-9-20-17(13)14/h1-9,16,21H,10H2. The Hall–Kier alpha value is -1.61. The van der Waals surface area contributed by atoms with Crippen LogP contribution < -0.4 is 0 Å². The highest BCUT2D eigenvalue weighted by Crippen LogP contribution is 2.30. The Morgan fingerprint density at radius 2 is 1.76 bits per heavy atom. The van der Waals surface area contributed by atoms with E-state index in [4.69, 9.17) is 23.2 Å². The summed E-state index contributed by atoms with van der Waals surface area (Å²) in [7, 11) is 0. The molecule has 4 heteroatoms. The van der Waals surface area contributed by atoms with Gasteiger partial charge in [-0.15, -0.1) is 0 Å². The highest BCUT2D eigenvalue weighted by Gasteiger charge is 2.14. The predicted octanol–water partition coefficient (Wildman–Crippen LogP) is 4.82. The van der Waals surface area contributed by atoms with Gasteiger partial charge in [-0.3, -0.25) is 4.98 Å². The highest BCUT2D eigenvalue weighted by molar-refractivity contribution is 6.35. The number of fused-ring (bicyclic) bond motifs is 1. The molecule has 3 rings (SSSR count). The molecule has 21 heavy (non-hydrogen) atoms. The maximum absolute atomic E-state index is 10.5. The normalized spacial score (nSPS) is 12.5. The summed E-state index contributed by atoms with van der Waals surface area (Å²) in [6, 6.07) is 14.8. The average Bonchev–Trinajstić information content (AvgIpc) is 2.50. The van der Waals surface area contributed by atoms with Crippen molar-refractivity contribution >= 4 is 34.1 Å². The number of halogens is 2. The number of hydrogen-bond donors (Lipinski definition) is 1. The van der Waals surface area contributed by atoms with E-state index in [2.05, 4.69) is 4.98 Å². The van der Waals surface area contributed by atoms with Gasteiger partial charge in [-0.1, -0.05) is 41.4 Å². The Morgan fingerprint density at radius 1 is 1.00 bits per heavy atom. The summed E-state index contributed by atoms with van der Waals surface area (Å²) in [6.07, 6.45) is 1.57. The Labute approximate surface area is 133 Å². The summed E-state index contributed by atoms with van der Waals surface area (Å²) >= 11 is 12.0. The monoisotopic (exact) mass is 317 g/mol. The minimum absolute atomic E-state index is 0.504. The average molecular weight is 318 g/mol. The number of aliphatic hydroxyl groups excluding tert-OH is 1. The summed E-state index contributed by atoms with van der Waals surface area (Å²) in [5, 5.41) is 12.7. The lowest BCUT2D eigenvalue weighted by atomic mass is 9.99. The number of benzene rings is 2. The van der Waals surface area contributed by atoms with E-state index in [1.165, 1.54) is 0 Å². The van der Waals surface area contributed by atoms with Gasteiger partial charge in [0.25, 0.3) is 0 Å². The van der Waals surface area contributed by atoms with E-state index in [9.17, 15) is 5.11 Å². The first-order valence-electron chi connectivity index (χ1n) is 6.61. The molecule has 1 heterocycles. The molecular formula is C17H13Cl2NO. The molecule has 0 aliphatic carbocycles. The second-order valence-electron chi connectivity index (χ2n) is 4.88. The topological polar surface area (TPSA) is 33.1 Å². The van der Waals surface area contributed by atoms with Crippen LogP contribution in [0.25, 0.3) is 10.9 Å². The second-order valence-corrected chi connectivity index (χ2v) is 5.73. The Kier molecular flexibility index (Phi) is 4.11. The van der Waals surface area contributed by atoms with Gasteiger partial charge in [0.1, 0.15) is 0 Å². The van der Waals surface area contributed by atoms with E-state index < -0.39 is 6.10 Å².